The van der Waals surface area contributed by atoms with Crippen molar-refractivity contribution in [2.75, 3.05) is 26.2 Å². The van der Waals surface area contributed by atoms with Crippen LogP contribution in [0.4, 0.5) is 0 Å². The quantitative estimate of drug-likeness (QED) is 0.870. The number of aryl methyl sites for hydroxylation is 1. The molecule has 0 saturated carbocycles. The summed E-state index contributed by atoms with van der Waals surface area (Å²) in [5.41, 5.74) is 3.99. The molecule has 1 spiro atoms. The van der Waals surface area contributed by atoms with Crippen LogP contribution in [0.1, 0.15) is 23.2 Å². The number of hydrogen-bond acceptors (Lipinski definition) is 3. The summed E-state index contributed by atoms with van der Waals surface area (Å²) in [5, 5.41) is 0. The molecule has 22 heavy (non-hydrogen) atoms. The van der Waals surface area contributed by atoms with Gasteiger partial charge < -0.3 is 4.74 Å². The minimum absolute atomic E-state index is 0.0705. The van der Waals surface area contributed by atoms with Gasteiger partial charge in [0.25, 0.3) is 0 Å². The van der Waals surface area contributed by atoms with E-state index in [9.17, 15) is 0 Å². The van der Waals surface area contributed by atoms with E-state index in [0.717, 1.165) is 45.5 Å². The zero-order valence-electron chi connectivity index (χ0n) is 12.9. The second-order valence-electron chi connectivity index (χ2n) is 6.35. The van der Waals surface area contributed by atoms with Crippen LogP contribution in [0.2, 0.25) is 0 Å². The minimum atomic E-state index is -0.0705. The highest BCUT2D eigenvalue weighted by Crippen LogP contribution is 2.42. The molecule has 1 aromatic heterocycles. The Morgan fingerprint density at radius 3 is 2.95 bits per heavy atom. The van der Waals surface area contributed by atoms with Gasteiger partial charge in [-0.2, -0.15) is 0 Å². The first-order valence-corrected chi connectivity index (χ1v) is 8.20. The molecular weight excluding hydrogens is 272 g/mol. The van der Waals surface area contributed by atoms with E-state index in [1.165, 1.54) is 16.8 Å². The van der Waals surface area contributed by atoms with Gasteiger partial charge in [-0.15, -0.1) is 0 Å². The maximum absolute atomic E-state index is 6.28. The first-order valence-electron chi connectivity index (χ1n) is 8.20. The van der Waals surface area contributed by atoms with E-state index in [2.05, 4.69) is 46.3 Å². The zero-order valence-corrected chi connectivity index (χ0v) is 12.9. The van der Waals surface area contributed by atoms with Crippen LogP contribution < -0.4 is 0 Å². The molecule has 0 radical (unpaired) electrons. The number of morpholine rings is 1. The van der Waals surface area contributed by atoms with Crippen LogP contribution in [0.25, 0.3) is 0 Å². The maximum atomic E-state index is 6.28. The fourth-order valence-electron chi connectivity index (χ4n) is 3.83. The molecule has 4 rings (SSSR count). The maximum Gasteiger partial charge on any atom is 0.106 e. The van der Waals surface area contributed by atoms with Crippen LogP contribution in [0, 0.1) is 0 Å². The van der Waals surface area contributed by atoms with Crippen molar-refractivity contribution in [3.63, 3.8) is 0 Å². The molecule has 1 saturated heterocycles. The molecule has 0 amide bonds. The van der Waals surface area contributed by atoms with Crippen LogP contribution >= 0.6 is 0 Å². The molecule has 1 fully saturated rings. The lowest BCUT2D eigenvalue weighted by atomic mass is 9.93. The van der Waals surface area contributed by atoms with E-state index >= 15 is 0 Å². The Morgan fingerprint density at radius 2 is 2.05 bits per heavy atom. The first-order chi connectivity index (χ1) is 10.9. The second-order valence-corrected chi connectivity index (χ2v) is 6.35. The van der Waals surface area contributed by atoms with Gasteiger partial charge in [0.15, 0.2) is 0 Å². The van der Waals surface area contributed by atoms with Crippen LogP contribution in [0.15, 0.2) is 48.7 Å². The number of benzene rings is 1. The summed E-state index contributed by atoms with van der Waals surface area (Å²) in [6, 6.07) is 14.9. The molecule has 0 unspecified atom stereocenters. The number of aromatic nitrogens is 1. The Hall–Kier alpha value is -1.71. The molecule has 0 N–H and O–H groups in total. The van der Waals surface area contributed by atoms with Crippen molar-refractivity contribution < 1.29 is 4.74 Å². The molecule has 2 aromatic rings. The van der Waals surface area contributed by atoms with E-state index in [1.807, 2.05) is 12.3 Å². The van der Waals surface area contributed by atoms with E-state index in [-0.39, 0.29) is 5.60 Å². The molecule has 0 bridgehead atoms. The normalized spacial score (nSPS) is 24.5. The van der Waals surface area contributed by atoms with Crippen molar-refractivity contribution in [1.29, 1.82) is 0 Å². The number of hydrogen-bond donors (Lipinski definition) is 0. The fraction of sp³-hybridized carbons (Fsp3) is 0.421. The summed E-state index contributed by atoms with van der Waals surface area (Å²) in [5.74, 6) is 0. The molecule has 2 aliphatic rings. The van der Waals surface area contributed by atoms with Gasteiger partial charge in [-0.25, -0.2) is 0 Å². The lowest BCUT2D eigenvalue weighted by Crippen LogP contribution is -2.49. The molecule has 1 aromatic carbocycles. The van der Waals surface area contributed by atoms with Gasteiger partial charge >= 0.3 is 0 Å². The number of pyridine rings is 1. The largest absolute Gasteiger partial charge is 0.368 e. The number of ether oxygens (including phenoxy) is 1. The van der Waals surface area contributed by atoms with E-state index < -0.39 is 0 Å². The summed E-state index contributed by atoms with van der Waals surface area (Å²) < 4.78 is 6.28. The summed E-state index contributed by atoms with van der Waals surface area (Å²) in [4.78, 5) is 6.97. The molecule has 1 atom stereocenters. The minimum Gasteiger partial charge on any atom is -0.368 e. The lowest BCUT2D eigenvalue weighted by Gasteiger charge is -2.41. The van der Waals surface area contributed by atoms with Crippen molar-refractivity contribution in [3.05, 3.63) is 65.5 Å². The standard InChI is InChI=1S/C19H22N2O/c1-2-7-18-16(5-1)8-10-19(18)15-21(13-14-22-19)12-9-17-6-3-4-11-20-17/h1-7,11H,8-10,12-15H2/t19-/m1/s1. The molecular formula is C19H22N2O. The Labute approximate surface area is 131 Å². The molecule has 1 aliphatic heterocycles. The van der Waals surface area contributed by atoms with E-state index in [1.54, 1.807) is 0 Å². The third kappa shape index (κ3) is 2.55. The van der Waals surface area contributed by atoms with Gasteiger partial charge in [-0.1, -0.05) is 30.3 Å². The van der Waals surface area contributed by atoms with Gasteiger partial charge in [0.1, 0.15) is 5.60 Å². The highest BCUT2D eigenvalue weighted by Gasteiger charge is 2.42. The Bertz CT molecular complexity index is 639. The summed E-state index contributed by atoms with van der Waals surface area (Å²) in [6.45, 7) is 3.93. The lowest BCUT2D eigenvalue weighted by molar-refractivity contribution is -0.113. The average molecular weight is 294 g/mol. The van der Waals surface area contributed by atoms with Crippen molar-refractivity contribution in [2.24, 2.45) is 0 Å². The predicted octanol–water partition coefficient (Wildman–Crippen LogP) is 2.80. The SMILES string of the molecule is c1ccc(CCN2CCO[C@]3(CCc4ccccc43)C2)nc1. The monoisotopic (exact) mass is 294 g/mol. The Kier molecular flexibility index (Phi) is 3.68. The number of nitrogens with zero attached hydrogens (tertiary/aromatic N) is 2. The van der Waals surface area contributed by atoms with Crippen molar-refractivity contribution in [1.82, 2.24) is 9.88 Å². The summed E-state index contributed by atoms with van der Waals surface area (Å²) in [6.07, 6.45) is 5.15. The number of fused-ring (bicyclic) bond motifs is 2. The highest BCUT2D eigenvalue weighted by molar-refractivity contribution is 5.38. The van der Waals surface area contributed by atoms with Gasteiger partial charge in [-0.3, -0.25) is 9.88 Å². The second kappa shape index (κ2) is 5.82. The van der Waals surface area contributed by atoms with E-state index in [4.69, 9.17) is 4.74 Å². The summed E-state index contributed by atoms with van der Waals surface area (Å²) >= 11 is 0. The fourth-order valence-corrected chi connectivity index (χ4v) is 3.83. The molecule has 2 heterocycles. The van der Waals surface area contributed by atoms with Crippen LogP contribution in [-0.4, -0.2) is 36.1 Å². The molecule has 3 nitrogen and oxygen atoms in total. The van der Waals surface area contributed by atoms with Crippen LogP contribution in [0.5, 0.6) is 0 Å². The third-order valence-electron chi connectivity index (χ3n) is 4.98. The van der Waals surface area contributed by atoms with Crippen LogP contribution in [-0.2, 0) is 23.2 Å². The zero-order chi connectivity index (χ0) is 14.8. The first kappa shape index (κ1) is 13.9. The molecule has 114 valence electrons. The highest BCUT2D eigenvalue weighted by atomic mass is 16.5. The third-order valence-corrected chi connectivity index (χ3v) is 4.98. The average Bonchev–Trinajstić information content (AvgIpc) is 2.93. The smallest absolute Gasteiger partial charge is 0.106 e. The van der Waals surface area contributed by atoms with Gasteiger partial charge in [0.05, 0.1) is 6.61 Å². The van der Waals surface area contributed by atoms with Crippen molar-refractivity contribution in [3.8, 4) is 0 Å². The Balaban J connectivity index is 1.47. The van der Waals surface area contributed by atoms with Gasteiger partial charge in [0.2, 0.25) is 0 Å². The van der Waals surface area contributed by atoms with Gasteiger partial charge in [-0.05, 0) is 36.1 Å². The topological polar surface area (TPSA) is 25.4 Å². The van der Waals surface area contributed by atoms with Crippen molar-refractivity contribution in [2.45, 2.75) is 24.9 Å². The van der Waals surface area contributed by atoms with Crippen molar-refractivity contribution >= 4 is 0 Å². The number of rotatable bonds is 3. The summed E-state index contributed by atoms with van der Waals surface area (Å²) in [7, 11) is 0. The van der Waals surface area contributed by atoms with E-state index in [0.29, 0.717) is 0 Å². The van der Waals surface area contributed by atoms with Gasteiger partial charge in [0, 0.05) is 37.9 Å². The molecule has 3 heteroatoms. The molecule has 1 aliphatic carbocycles. The predicted molar refractivity (Wildman–Crippen MR) is 86.8 cm³/mol. The van der Waals surface area contributed by atoms with Crippen LogP contribution in [0.3, 0.4) is 0 Å². The Morgan fingerprint density at radius 1 is 1.14 bits per heavy atom.